The number of ether oxygens (including phenoxy) is 2. The van der Waals surface area contributed by atoms with Crippen LogP contribution in [0.3, 0.4) is 0 Å². The lowest BCUT2D eigenvalue weighted by Crippen LogP contribution is -2.37. The van der Waals surface area contributed by atoms with E-state index in [2.05, 4.69) is 86.8 Å². The van der Waals surface area contributed by atoms with Crippen LogP contribution in [0, 0.1) is 0 Å². The third kappa shape index (κ3) is 39.0. The zero-order chi connectivity index (χ0) is 39.3. The highest BCUT2D eigenvalue weighted by Gasteiger charge is 2.21. The molecular formula is C43H74NO8P. The number of phosphoric ester groups is 1. The van der Waals surface area contributed by atoms with Crippen molar-refractivity contribution in [2.45, 2.75) is 142 Å². The lowest BCUT2D eigenvalue weighted by Gasteiger charge is -2.28. The summed E-state index contributed by atoms with van der Waals surface area (Å²) in [6.07, 6.45) is 42.2. The highest BCUT2D eigenvalue weighted by Crippen LogP contribution is 2.38. The molecule has 1 unspecified atom stereocenters. The number of allylic oxidation sites excluding steroid dienone is 12. The summed E-state index contributed by atoms with van der Waals surface area (Å²) >= 11 is 0. The Labute approximate surface area is 323 Å². The van der Waals surface area contributed by atoms with Crippen molar-refractivity contribution in [2.75, 3.05) is 47.5 Å². The number of hydrogen-bond donors (Lipinski definition) is 0. The molecule has 0 bridgehead atoms. The number of unbranched alkanes of at least 4 members (excludes halogenated alkanes) is 9. The summed E-state index contributed by atoms with van der Waals surface area (Å²) in [5.41, 5.74) is 0. The predicted molar refractivity (Wildman–Crippen MR) is 217 cm³/mol. The average molecular weight is 764 g/mol. The SMILES string of the molecule is CC/C=C\C/C=C\C/C=C\C/C=C\CCCCC(=O)OC[C@H](COP(=O)([O-])OCC[N+](C)(C)C)OC(=O)CCCCCCC/C=C\C/C=C\CCCC. The Hall–Kier alpha value is -2.55. The van der Waals surface area contributed by atoms with Crippen molar-refractivity contribution in [1.29, 1.82) is 0 Å². The first-order chi connectivity index (χ1) is 25.5. The third-order valence-electron chi connectivity index (χ3n) is 7.96. The summed E-state index contributed by atoms with van der Waals surface area (Å²) in [5, 5.41) is 0. The summed E-state index contributed by atoms with van der Waals surface area (Å²) in [7, 11) is 1.12. The second kappa shape index (κ2) is 35.2. The number of hydrogen-bond acceptors (Lipinski definition) is 8. The van der Waals surface area contributed by atoms with E-state index in [1.807, 2.05) is 21.1 Å². The quantitative estimate of drug-likeness (QED) is 0.0206. The molecule has 0 rings (SSSR count). The predicted octanol–water partition coefficient (Wildman–Crippen LogP) is 10.4. The van der Waals surface area contributed by atoms with Gasteiger partial charge in [0.2, 0.25) is 0 Å². The maximum Gasteiger partial charge on any atom is 0.306 e. The minimum atomic E-state index is -4.64. The molecule has 10 heteroatoms. The van der Waals surface area contributed by atoms with Crippen molar-refractivity contribution in [3.63, 3.8) is 0 Å². The first-order valence-corrected chi connectivity index (χ1v) is 21.6. The Morgan fingerprint density at radius 1 is 0.604 bits per heavy atom. The van der Waals surface area contributed by atoms with Gasteiger partial charge < -0.3 is 27.9 Å². The molecule has 0 radical (unpaired) electrons. The molecule has 9 nitrogen and oxygen atoms in total. The fourth-order valence-electron chi connectivity index (χ4n) is 4.78. The van der Waals surface area contributed by atoms with Gasteiger partial charge >= 0.3 is 11.9 Å². The minimum Gasteiger partial charge on any atom is -0.756 e. The van der Waals surface area contributed by atoms with Gasteiger partial charge in [0.1, 0.15) is 19.8 Å². The molecule has 2 atom stereocenters. The van der Waals surface area contributed by atoms with E-state index in [9.17, 15) is 19.0 Å². The monoisotopic (exact) mass is 764 g/mol. The number of phosphoric acid groups is 1. The summed E-state index contributed by atoms with van der Waals surface area (Å²) in [6.45, 7) is 3.97. The van der Waals surface area contributed by atoms with E-state index in [1.54, 1.807) is 0 Å². The lowest BCUT2D eigenvalue weighted by molar-refractivity contribution is -0.870. The van der Waals surface area contributed by atoms with E-state index in [4.69, 9.17) is 18.5 Å². The van der Waals surface area contributed by atoms with E-state index in [0.29, 0.717) is 23.9 Å². The van der Waals surface area contributed by atoms with Crippen LogP contribution in [-0.2, 0) is 32.7 Å². The largest absolute Gasteiger partial charge is 0.756 e. The number of carbonyl (C=O) groups excluding carboxylic acids is 2. The second-order valence-electron chi connectivity index (χ2n) is 14.3. The van der Waals surface area contributed by atoms with Gasteiger partial charge in [-0.3, -0.25) is 14.2 Å². The zero-order valence-corrected chi connectivity index (χ0v) is 34.8. The van der Waals surface area contributed by atoms with Crippen LogP contribution in [0.4, 0.5) is 0 Å². The average Bonchev–Trinajstić information content (AvgIpc) is 3.10. The fourth-order valence-corrected chi connectivity index (χ4v) is 5.51. The molecule has 304 valence electrons. The van der Waals surface area contributed by atoms with Crippen LogP contribution < -0.4 is 4.89 Å². The molecule has 0 amide bonds. The second-order valence-corrected chi connectivity index (χ2v) is 15.7. The Kier molecular flexibility index (Phi) is 33.5. The van der Waals surface area contributed by atoms with Gasteiger partial charge in [-0.1, -0.05) is 119 Å². The van der Waals surface area contributed by atoms with Crippen LogP contribution in [0.25, 0.3) is 0 Å². The highest BCUT2D eigenvalue weighted by atomic mass is 31.2. The van der Waals surface area contributed by atoms with Crippen LogP contribution in [0.15, 0.2) is 72.9 Å². The van der Waals surface area contributed by atoms with E-state index in [0.717, 1.165) is 83.5 Å². The van der Waals surface area contributed by atoms with Gasteiger partial charge in [-0.2, -0.15) is 0 Å². The maximum atomic E-state index is 12.6. The normalized spacial score (nSPS) is 14.5. The third-order valence-corrected chi connectivity index (χ3v) is 8.92. The Morgan fingerprint density at radius 2 is 1.08 bits per heavy atom. The molecule has 0 aromatic carbocycles. The van der Waals surface area contributed by atoms with Crippen molar-refractivity contribution in [3.05, 3.63) is 72.9 Å². The number of carbonyl (C=O) groups is 2. The molecule has 0 N–H and O–H groups in total. The van der Waals surface area contributed by atoms with Crippen LogP contribution in [0.5, 0.6) is 0 Å². The highest BCUT2D eigenvalue weighted by molar-refractivity contribution is 7.45. The van der Waals surface area contributed by atoms with Crippen molar-refractivity contribution < 1.29 is 42.1 Å². The lowest BCUT2D eigenvalue weighted by atomic mass is 10.1. The molecule has 0 saturated heterocycles. The molecule has 0 heterocycles. The Bertz CT molecular complexity index is 1140. The van der Waals surface area contributed by atoms with Crippen LogP contribution >= 0.6 is 7.82 Å². The van der Waals surface area contributed by atoms with Crippen molar-refractivity contribution in [1.82, 2.24) is 0 Å². The summed E-state index contributed by atoms with van der Waals surface area (Å²) in [4.78, 5) is 37.4. The van der Waals surface area contributed by atoms with Crippen molar-refractivity contribution in [3.8, 4) is 0 Å². The van der Waals surface area contributed by atoms with Crippen LogP contribution in [0.2, 0.25) is 0 Å². The molecule has 0 aromatic rings. The summed E-state index contributed by atoms with van der Waals surface area (Å²) in [5.74, 6) is -0.909. The maximum absolute atomic E-state index is 12.6. The van der Waals surface area contributed by atoms with Gasteiger partial charge in [-0.15, -0.1) is 0 Å². The molecular weight excluding hydrogens is 689 g/mol. The van der Waals surface area contributed by atoms with Crippen molar-refractivity contribution in [2.24, 2.45) is 0 Å². The molecule has 0 aromatic heterocycles. The molecule has 53 heavy (non-hydrogen) atoms. The van der Waals surface area contributed by atoms with E-state index >= 15 is 0 Å². The molecule has 0 aliphatic heterocycles. The van der Waals surface area contributed by atoms with Gasteiger partial charge in [-0.05, 0) is 77.0 Å². The van der Waals surface area contributed by atoms with Crippen LogP contribution in [-0.4, -0.2) is 70.0 Å². The topological polar surface area (TPSA) is 111 Å². The molecule has 0 aliphatic rings. The summed E-state index contributed by atoms with van der Waals surface area (Å²) in [6, 6.07) is 0. The Morgan fingerprint density at radius 3 is 1.64 bits per heavy atom. The zero-order valence-electron chi connectivity index (χ0n) is 33.9. The number of quaternary nitrogens is 1. The molecule has 0 aliphatic carbocycles. The Balaban J connectivity index is 4.53. The number of esters is 2. The van der Waals surface area contributed by atoms with E-state index in [1.165, 1.54) is 12.8 Å². The van der Waals surface area contributed by atoms with Gasteiger partial charge in [-0.25, -0.2) is 0 Å². The van der Waals surface area contributed by atoms with Crippen LogP contribution in [0.1, 0.15) is 136 Å². The smallest absolute Gasteiger partial charge is 0.306 e. The van der Waals surface area contributed by atoms with E-state index in [-0.39, 0.29) is 26.1 Å². The van der Waals surface area contributed by atoms with Gasteiger partial charge in [0.15, 0.2) is 6.10 Å². The fraction of sp³-hybridized carbons (Fsp3) is 0.674. The first-order valence-electron chi connectivity index (χ1n) is 20.1. The summed E-state index contributed by atoms with van der Waals surface area (Å²) < 4.78 is 33.7. The molecule has 0 saturated carbocycles. The standard InChI is InChI=1S/C43H74NO8P/c1-6-8-10-12-14-16-18-20-22-24-25-27-29-31-33-35-42(45)49-39-41(40-51-53(47,48)50-38-37-44(3,4)5)52-43(46)36-34-32-30-28-26-23-21-19-17-15-13-11-9-7-2/h8,10,13-16,19-22,25,27,41H,6-7,9,11-12,17-18,23-24,26,28-40H2,1-5H3/b10-8-,15-13-,16-14-,21-19-,22-20-,27-25-/t41-/m1/s1. The number of nitrogens with zero attached hydrogens (tertiary/aromatic N) is 1. The first kappa shape index (κ1) is 50.5. The van der Waals surface area contributed by atoms with E-state index < -0.39 is 32.5 Å². The van der Waals surface area contributed by atoms with Gasteiger partial charge in [0.05, 0.1) is 27.7 Å². The van der Waals surface area contributed by atoms with Crippen molar-refractivity contribution >= 4 is 19.8 Å². The van der Waals surface area contributed by atoms with Gasteiger partial charge in [0.25, 0.3) is 7.82 Å². The molecule has 0 spiro atoms. The number of likely N-dealkylation sites (N-methyl/N-ethyl adjacent to an activating group) is 1. The number of rotatable bonds is 35. The minimum absolute atomic E-state index is 0.0443. The molecule has 0 fully saturated rings. The van der Waals surface area contributed by atoms with Gasteiger partial charge in [0, 0.05) is 12.8 Å².